The first kappa shape index (κ1) is 23.1. The van der Waals surface area contributed by atoms with Crippen molar-refractivity contribution in [2.45, 2.75) is 25.7 Å². The van der Waals surface area contributed by atoms with Gasteiger partial charge >= 0.3 is 6.18 Å². The molecule has 0 amide bonds. The molecule has 0 spiro atoms. The van der Waals surface area contributed by atoms with Gasteiger partial charge in [0.25, 0.3) is 0 Å². The van der Waals surface area contributed by atoms with E-state index < -0.39 is 12.8 Å². The number of ether oxygens (including phenoxy) is 1. The van der Waals surface area contributed by atoms with Crippen molar-refractivity contribution in [3.8, 4) is 5.75 Å². The van der Waals surface area contributed by atoms with Crippen LogP contribution in [0.5, 0.6) is 5.75 Å². The quantitative estimate of drug-likeness (QED) is 0.255. The molecule has 2 aromatic rings. The van der Waals surface area contributed by atoms with Crippen molar-refractivity contribution in [1.82, 2.24) is 20.2 Å². The van der Waals surface area contributed by atoms with Gasteiger partial charge in [0.15, 0.2) is 12.6 Å². The normalized spacial score (nSPS) is 11.6. The summed E-state index contributed by atoms with van der Waals surface area (Å²) in [4.78, 5) is 8.12. The Labute approximate surface area is 173 Å². The van der Waals surface area contributed by atoms with Crippen molar-refractivity contribution < 1.29 is 17.9 Å². The Morgan fingerprint density at radius 3 is 2.56 bits per heavy atom. The molecule has 0 saturated carbocycles. The Kier molecular flexibility index (Phi) is 9.97. The van der Waals surface area contributed by atoms with Crippen LogP contribution in [0.15, 0.2) is 48.0 Å². The van der Waals surface area contributed by atoms with Crippen molar-refractivity contribution >= 4 is 29.9 Å². The molecule has 1 aromatic carbocycles. The number of alkyl halides is 3. The van der Waals surface area contributed by atoms with Crippen LogP contribution in [-0.2, 0) is 13.1 Å². The van der Waals surface area contributed by atoms with Crippen molar-refractivity contribution in [2.24, 2.45) is 4.99 Å². The molecule has 2 N–H and O–H groups in total. The summed E-state index contributed by atoms with van der Waals surface area (Å²) in [5, 5.41) is 6.36. The monoisotopic (exact) mass is 497 g/mol. The highest BCUT2D eigenvalue weighted by Gasteiger charge is 2.28. The molecule has 0 saturated heterocycles. The van der Waals surface area contributed by atoms with Gasteiger partial charge in [-0.3, -0.25) is 4.99 Å². The SMILES string of the molecule is CN=C(NCCCn1ccnc1)NCc1ccc(OCC(F)(F)F)cc1.I. The lowest BCUT2D eigenvalue weighted by atomic mass is 10.2. The number of hydrogen-bond acceptors (Lipinski definition) is 3. The standard InChI is InChI=1S/C17H22F3N5O.HI/c1-21-16(23-7-2-9-25-10-8-22-13-25)24-11-14-3-5-15(6-4-14)26-12-17(18,19)20;/h3-6,8,10,13H,2,7,9,11-12H2,1H3,(H2,21,23,24);1H. The summed E-state index contributed by atoms with van der Waals surface area (Å²) in [7, 11) is 1.68. The second-order valence-corrected chi connectivity index (χ2v) is 5.55. The van der Waals surface area contributed by atoms with Gasteiger partial charge < -0.3 is 19.9 Å². The van der Waals surface area contributed by atoms with E-state index in [1.807, 2.05) is 10.8 Å². The van der Waals surface area contributed by atoms with Crippen LogP contribution >= 0.6 is 24.0 Å². The number of aliphatic imine (C=N–C) groups is 1. The largest absolute Gasteiger partial charge is 0.484 e. The van der Waals surface area contributed by atoms with Crippen molar-refractivity contribution in [3.63, 3.8) is 0 Å². The number of aryl methyl sites for hydroxylation is 1. The molecule has 10 heteroatoms. The molecular formula is C17H23F3IN5O. The van der Waals surface area contributed by atoms with Gasteiger partial charge in [-0.25, -0.2) is 4.98 Å². The Morgan fingerprint density at radius 1 is 1.22 bits per heavy atom. The van der Waals surface area contributed by atoms with E-state index in [4.69, 9.17) is 0 Å². The highest BCUT2D eigenvalue weighted by atomic mass is 127. The summed E-state index contributed by atoms with van der Waals surface area (Å²) < 4.78 is 43.0. The number of imidazole rings is 1. The molecule has 0 aliphatic rings. The Morgan fingerprint density at radius 2 is 1.96 bits per heavy atom. The highest BCUT2D eigenvalue weighted by molar-refractivity contribution is 14.0. The van der Waals surface area contributed by atoms with E-state index in [1.165, 1.54) is 12.1 Å². The van der Waals surface area contributed by atoms with E-state index in [0.29, 0.717) is 12.5 Å². The van der Waals surface area contributed by atoms with Gasteiger partial charge in [-0.1, -0.05) is 12.1 Å². The van der Waals surface area contributed by atoms with E-state index >= 15 is 0 Å². The summed E-state index contributed by atoms with van der Waals surface area (Å²) in [5.74, 6) is 0.848. The van der Waals surface area contributed by atoms with Crippen LogP contribution in [0.2, 0.25) is 0 Å². The zero-order chi connectivity index (χ0) is 18.8. The molecule has 0 bridgehead atoms. The number of halogens is 4. The number of benzene rings is 1. The minimum absolute atomic E-state index is 0. The predicted octanol–water partition coefficient (Wildman–Crippen LogP) is 3.20. The Hall–Kier alpha value is -1.98. The minimum atomic E-state index is -4.34. The number of guanidine groups is 1. The molecule has 6 nitrogen and oxygen atoms in total. The van der Waals surface area contributed by atoms with Gasteiger partial charge in [0.05, 0.1) is 6.33 Å². The highest BCUT2D eigenvalue weighted by Crippen LogP contribution is 2.18. The molecule has 0 fully saturated rings. The second kappa shape index (κ2) is 11.7. The van der Waals surface area contributed by atoms with Crippen molar-refractivity contribution in [3.05, 3.63) is 48.5 Å². The van der Waals surface area contributed by atoms with E-state index in [0.717, 1.165) is 25.1 Å². The third-order valence-electron chi connectivity index (χ3n) is 3.45. The maximum atomic E-state index is 12.1. The third kappa shape index (κ3) is 9.50. The summed E-state index contributed by atoms with van der Waals surface area (Å²) in [6, 6.07) is 6.46. The molecule has 0 atom stereocenters. The first-order chi connectivity index (χ1) is 12.5. The molecule has 0 aliphatic carbocycles. The third-order valence-corrected chi connectivity index (χ3v) is 3.45. The maximum absolute atomic E-state index is 12.1. The lowest BCUT2D eigenvalue weighted by Gasteiger charge is -2.13. The fourth-order valence-electron chi connectivity index (χ4n) is 2.16. The average Bonchev–Trinajstić information content (AvgIpc) is 3.13. The first-order valence-electron chi connectivity index (χ1n) is 8.15. The van der Waals surface area contributed by atoms with E-state index in [-0.39, 0.29) is 29.7 Å². The van der Waals surface area contributed by atoms with Crippen LogP contribution < -0.4 is 15.4 Å². The van der Waals surface area contributed by atoms with Gasteiger partial charge in [-0.05, 0) is 24.1 Å². The number of aromatic nitrogens is 2. The lowest BCUT2D eigenvalue weighted by molar-refractivity contribution is -0.153. The van der Waals surface area contributed by atoms with Crippen LogP contribution in [0.25, 0.3) is 0 Å². The first-order valence-corrected chi connectivity index (χ1v) is 8.15. The van der Waals surface area contributed by atoms with Gasteiger partial charge in [0.1, 0.15) is 5.75 Å². The van der Waals surface area contributed by atoms with Crippen LogP contribution in [0, 0.1) is 0 Å². The van der Waals surface area contributed by atoms with Gasteiger partial charge in [-0.2, -0.15) is 13.2 Å². The zero-order valence-electron chi connectivity index (χ0n) is 14.9. The van der Waals surface area contributed by atoms with Crippen LogP contribution in [-0.4, -0.2) is 41.9 Å². The lowest BCUT2D eigenvalue weighted by Crippen LogP contribution is -2.37. The molecule has 0 aliphatic heterocycles. The molecule has 2 rings (SSSR count). The minimum Gasteiger partial charge on any atom is -0.484 e. The van der Waals surface area contributed by atoms with E-state index in [2.05, 4.69) is 25.3 Å². The second-order valence-electron chi connectivity index (χ2n) is 5.55. The van der Waals surface area contributed by atoms with Gasteiger partial charge in [0, 0.05) is 39.1 Å². The smallest absolute Gasteiger partial charge is 0.422 e. The summed E-state index contributed by atoms with van der Waals surface area (Å²) in [5.41, 5.74) is 0.908. The summed E-state index contributed by atoms with van der Waals surface area (Å²) >= 11 is 0. The Bertz CT molecular complexity index is 675. The maximum Gasteiger partial charge on any atom is 0.422 e. The predicted molar refractivity (Wildman–Crippen MR) is 108 cm³/mol. The van der Waals surface area contributed by atoms with E-state index in [9.17, 15) is 13.2 Å². The Balaban J connectivity index is 0.00000364. The molecule has 150 valence electrons. The molecule has 0 radical (unpaired) electrons. The fraction of sp³-hybridized carbons (Fsp3) is 0.412. The number of rotatable bonds is 8. The molecular weight excluding hydrogens is 474 g/mol. The summed E-state index contributed by atoms with van der Waals surface area (Å²) in [6.07, 6.45) is 2.01. The number of hydrogen-bond donors (Lipinski definition) is 2. The van der Waals surface area contributed by atoms with Crippen molar-refractivity contribution in [2.75, 3.05) is 20.2 Å². The van der Waals surface area contributed by atoms with E-state index in [1.54, 1.807) is 31.7 Å². The molecule has 1 heterocycles. The average molecular weight is 497 g/mol. The molecule has 27 heavy (non-hydrogen) atoms. The zero-order valence-corrected chi connectivity index (χ0v) is 17.2. The fourth-order valence-corrected chi connectivity index (χ4v) is 2.16. The molecule has 1 aromatic heterocycles. The summed E-state index contributed by atoms with van der Waals surface area (Å²) in [6.45, 7) is 0.826. The van der Waals surface area contributed by atoms with Crippen LogP contribution in [0.4, 0.5) is 13.2 Å². The van der Waals surface area contributed by atoms with Gasteiger partial charge in [0.2, 0.25) is 0 Å². The topological polar surface area (TPSA) is 63.5 Å². The van der Waals surface area contributed by atoms with Crippen LogP contribution in [0.3, 0.4) is 0 Å². The van der Waals surface area contributed by atoms with Crippen molar-refractivity contribution in [1.29, 1.82) is 0 Å². The number of nitrogens with one attached hydrogen (secondary N) is 2. The van der Waals surface area contributed by atoms with Crippen LogP contribution in [0.1, 0.15) is 12.0 Å². The molecule has 0 unspecified atom stereocenters. The van der Waals surface area contributed by atoms with Gasteiger partial charge in [-0.15, -0.1) is 24.0 Å². The number of nitrogens with zero attached hydrogens (tertiary/aromatic N) is 3.